The lowest BCUT2D eigenvalue weighted by atomic mass is 9.94. The summed E-state index contributed by atoms with van der Waals surface area (Å²) in [6, 6.07) is 3.69. The molecule has 2 atom stereocenters. The van der Waals surface area contributed by atoms with Crippen LogP contribution in [0.25, 0.3) is 0 Å². The van der Waals surface area contributed by atoms with Gasteiger partial charge < -0.3 is 20.9 Å². The molecule has 0 bridgehead atoms. The van der Waals surface area contributed by atoms with Crippen LogP contribution in [0.4, 0.5) is 0 Å². The Hall–Kier alpha value is -1.10. The Labute approximate surface area is 103 Å². The highest BCUT2D eigenvalue weighted by Gasteiger charge is 2.20. The molecule has 0 heterocycles. The van der Waals surface area contributed by atoms with Gasteiger partial charge in [0.15, 0.2) is 0 Å². The van der Waals surface area contributed by atoms with Crippen molar-refractivity contribution in [3.05, 3.63) is 28.8 Å². The van der Waals surface area contributed by atoms with Gasteiger partial charge in [0.1, 0.15) is 5.75 Å². The number of benzene rings is 1. The molecule has 0 saturated heterocycles. The third-order valence-electron chi connectivity index (χ3n) is 3.07. The monoisotopic (exact) mass is 238 g/mol. The Morgan fingerprint density at radius 3 is 2.47 bits per heavy atom. The van der Waals surface area contributed by atoms with E-state index in [1.807, 2.05) is 27.0 Å². The second kappa shape index (κ2) is 6.00. The van der Waals surface area contributed by atoms with Crippen molar-refractivity contribution in [1.29, 1.82) is 0 Å². The number of ether oxygens (including phenoxy) is 1. The van der Waals surface area contributed by atoms with Gasteiger partial charge in [-0.1, -0.05) is 6.07 Å². The minimum atomic E-state index is -0.313. The molecule has 0 amide bonds. The number of nitrogens with one attached hydrogen (secondary N) is 1. The standard InChI is InChI=1S/C13H22N2O2/c1-8-6-12(17-4)9(2)5-10(8)13(15-3)11(14)7-16/h5-6,11,13,15-16H,7,14H2,1-4H3. The summed E-state index contributed by atoms with van der Waals surface area (Å²) in [6.07, 6.45) is 0. The highest BCUT2D eigenvalue weighted by Crippen LogP contribution is 2.27. The van der Waals surface area contributed by atoms with E-state index in [-0.39, 0.29) is 18.7 Å². The number of rotatable bonds is 5. The molecule has 0 aliphatic rings. The molecule has 17 heavy (non-hydrogen) atoms. The van der Waals surface area contributed by atoms with Crippen LogP contribution < -0.4 is 15.8 Å². The van der Waals surface area contributed by atoms with E-state index in [0.717, 1.165) is 22.4 Å². The summed E-state index contributed by atoms with van der Waals surface area (Å²) < 4.78 is 5.28. The van der Waals surface area contributed by atoms with Crippen LogP contribution >= 0.6 is 0 Å². The number of aliphatic hydroxyl groups is 1. The summed E-state index contributed by atoms with van der Waals surface area (Å²) in [4.78, 5) is 0. The van der Waals surface area contributed by atoms with Gasteiger partial charge in [-0.05, 0) is 43.7 Å². The highest BCUT2D eigenvalue weighted by molar-refractivity contribution is 5.43. The molecule has 2 unspecified atom stereocenters. The fourth-order valence-electron chi connectivity index (χ4n) is 2.07. The number of hydrogen-bond donors (Lipinski definition) is 3. The van der Waals surface area contributed by atoms with Gasteiger partial charge in [0, 0.05) is 12.1 Å². The molecular weight excluding hydrogens is 216 g/mol. The third kappa shape index (κ3) is 2.97. The van der Waals surface area contributed by atoms with Crippen molar-refractivity contribution in [2.24, 2.45) is 5.73 Å². The Kier molecular flexibility index (Phi) is 4.93. The average Bonchev–Trinajstić information content (AvgIpc) is 2.33. The third-order valence-corrected chi connectivity index (χ3v) is 3.07. The topological polar surface area (TPSA) is 67.5 Å². The van der Waals surface area contributed by atoms with Gasteiger partial charge in [-0.25, -0.2) is 0 Å². The van der Waals surface area contributed by atoms with E-state index in [1.54, 1.807) is 7.11 Å². The minimum absolute atomic E-state index is 0.0456. The van der Waals surface area contributed by atoms with E-state index in [4.69, 9.17) is 15.6 Å². The maximum absolute atomic E-state index is 9.17. The van der Waals surface area contributed by atoms with Gasteiger partial charge in [-0.2, -0.15) is 0 Å². The quantitative estimate of drug-likeness (QED) is 0.713. The lowest BCUT2D eigenvalue weighted by Gasteiger charge is -2.25. The minimum Gasteiger partial charge on any atom is -0.496 e. The molecule has 1 rings (SSSR count). The highest BCUT2D eigenvalue weighted by atomic mass is 16.5. The predicted molar refractivity (Wildman–Crippen MR) is 69.3 cm³/mol. The Balaban J connectivity index is 3.16. The van der Waals surface area contributed by atoms with E-state index < -0.39 is 0 Å². The van der Waals surface area contributed by atoms with Crippen LogP contribution in [0.1, 0.15) is 22.7 Å². The smallest absolute Gasteiger partial charge is 0.122 e. The molecule has 0 radical (unpaired) electrons. The largest absolute Gasteiger partial charge is 0.496 e. The van der Waals surface area contributed by atoms with Gasteiger partial charge in [0.25, 0.3) is 0 Å². The molecule has 4 heteroatoms. The zero-order chi connectivity index (χ0) is 13.0. The first-order chi connectivity index (χ1) is 8.04. The molecular formula is C13H22N2O2. The van der Waals surface area contributed by atoms with Crippen LogP contribution in [0.3, 0.4) is 0 Å². The molecule has 0 aliphatic heterocycles. The van der Waals surface area contributed by atoms with Crippen molar-refractivity contribution >= 4 is 0 Å². The molecule has 1 aromatic rings. The van der Waals surface area contributed by atoms with Crippen molar-refractivity contribution in [2.75, 3.05) is 20.8 Å². The Morgan fingerprint density at radius 1 is 1.35 bits per heavy atom. The van der Waals surface area contributed by atoms with Crippen LogP contribution in [0.2, 0.25) is 0 Å². The lowest BCUT2D eigenvalue weighted by Crippen LogP contribution is -2.39. The lowest BCUT2D eigenvalue weighted by molar-refractivity contribution is 0.240. The molecule has 0 aromatic heterocycles. The second-order valence-corrected chi connectivity index (χ2v) is 4.29. The number of likely N-dealkylation sites (N-methyl/N-ethyl adjacent to an activating group) is 1. The number of aryl methyl sites for hydroxylation is 2. The first kappa shape index (κ1) is 14.0. The number of aliphatic hydroxyl groups excluding tert-OH is 1. The first-order valence-electron chi connectivity index (χ1n) is 5.74. The number of hydrogen-bond acceptors (Lipinski definition) is 4. The van der Waals surface area contributed by atoms with Gasteiger partial charge >= 0.3 is 0 Å². The molecule has 4 nitrogen and oxygen atoms in total. The van der Waals surface area contributed by atoms with Gasteiger partial charge in [0.2, 0.25) is 0 Å². The summed E-state index contributed by atoms with van der Waals surface area (Å²) >= 11 is 0. The van der Waals surface area contributed by atoms with Crippen molar-refractivity contribution in [2.45, 2.75) is 25.9 Å². The van der Waals surface area contributed by atoms with Gasteiger partial charge in [0.05, 0.1) is 13.7 Å². The average molecular weight is 238 g/mol. The molecule has 0 aliphatic carbocycles. The molecule has 0 fully saturated rings. The molecule has 0 spiro atoms. The normalized spacial score (nSPS) is 14.5. The maximum atomic E-state index is 9.17. The fraction of sp³-hybridized carbons (Fsp3) is 0.538. The second-order valence-electron chi connectivity index (χ2n) is 4.29. The van der Waals surface area contributed by atoms with Crippen molar-refractivity contribution in [3.8, 4) is 5.75 Å². The van der Waals surface area contributed by atoms with Crippen LogP contribution in [0, 0.1) is 13.8 Å². The van der Waals surface area contributed by atoms with Crippen molar-refractivity contribution in [3.63, 3.8) is 0 Å². The maximum Gasteiger partial charge on any atom is 0.122 e. The van der Waals surface area contributed by atoms with Gasteiger partial charge in [-0.15, -0.1) is 0 Å². The van der Waals surface area contributed by atoms with Crippen LogP contribution in [0.5, 0.6) is 5.75 Å². The fourth-order valence-corrected chi connectivity index (χ4v) is 2.07. The van der Waals surface area contributed by atoms with E-state index in [0.29, 0.717) is 0 Å². The zero-order valence-corrected chi connectivity index (χ0v) is 10.9. The van der Waals surface area contributed by atoms with Crippen LogP contribution in [0.15, 0.2) is 12.1 Å². The molecule has 0 saturated carbocycles. The molecule has 1 aromatic carbocycles. The summed E-state index contributed by atoms with van der Waals surface area (Å²) in [5.74, 6) is 0.874. The van der Waals surface area contributed by atoms with E-state index in [9.17, 15) is 0 Å². The summed E-state index contributed by atoms with van der Waals surface area (Å²) in [5, 5.41) is 12.3. The molecule has 4 N–H and O–H groups in total. The summed E-state index contributed by atoms with van der Waals surface area (Å²) in [7, 11) is 3.51. The summed E-state index contributed by atoms with van der Waals surface area (Å²) in [6.45, 7) is 3.97. The first-order valence-corrected chi connectivity index (χ1v) is 5.74. The number of nitrogens with two attached hydrogens (primary N) is 1. The summed E-state index contributed by atoms with van der Waals surface area (Å²) in [5.41, 5.74) is 9.18. The van der Waals surface area contributed by atoms with Crippen LogP contribution in [-0.4, -0.2) is 31.9 Å². The molecule has 96 valence electrons. The van der Waals surface area contributed by atoms with Crippen molar-refractivity contribution < 1.29 is 9.84 Å². The number of methoxy groups -OCH3 is 1. The van der Waals surface area contributed by atoms with Crippen LogP contribution in [-0.2, 0) is 0 Å². The Bertz CT molecular complexity index is 380. The van der Waals surface area contributed by atoms with Gasteiger partial charge in [-0.3, -0.25) is 0 Å². The SMILES string of the molecule is CNC(c1cc(C)c(OC)cc1C)C(N)CO. The zero-order valence-electron chi connectivity index (χ0n) is 10.9. The van der Waals surface area contributed by atoms with E-state index in [1.165, 1.54) is 0 Å². The Morgan fingerprint density at radius 2 is 2.00 bits per heavy atom. The van der Waals surface area contributed by atoms with E-state index >= 15 is 0 Å². The van der Waals surface area contributed by atoms with Crippen molar-refractivity contribution in [1.82, 2.24) is 5.32 Å². The van der Waals surface area contributed by atoms with E-state index in [2.05, 4.69) is 11.4 Å². The predicted octanol–water partition coefficient (Wildman–Crippen LogP) is 0.892.